The molecule has 0 saturated heterocycles. The van der Waals surface area contributed by atoms with Gasteiger partial charge in [-0.3, -0.25) is 0 Å². The quantitative estimate of drug-likeness (QED) is 0.366. The van der Waals surface area contributed by atoms with Gasteiger partial charge in [0.25, 0.3) is 0 Å². The van der Waals surface area contributed by atoms with Gasteiger partial charge in [-0.2, -0.15) is 0 Å². The van der Waals surface area contributed by atoms with Gasteiger partial charge in [0.2, 0.25) is 5.95 Å². The minimum absolute atomic E-state index is 0.196. The lowest BCUT2D eigenvalue weighted by molar-refractivity contribution is 0.0697. The summed E-state index contributed by atoms with van der Waals surface area (Å²) < 4.78 is 0. The highest BCUT2D eigenvalue weighted by atomic mass is 16.4. The largest absolute Gasteiger partial charge is 0.478 e. The molecule has 5 rings (SSSR count). The predicted octanol–water partition coefficient (Wildman–Crippen LogP) is 5.00. The van der Waals surface area contributed by atoms with Crippen molar-refractivity contribution in [2.24, 2.45) is 5.92 Å². The first-order valence-corrected chi connectivity index (χ1v) is 10.5. The van der Waals surface area contributed by atoms with Crippen LogP contribution >= 0.6 is 0 Å². The Labute approximate surface area is 179 Å². The van der Waals surface area contributed by atoms with Crippen LogP contribution in [0.2, 0.25) is 0 Å². The number of aromatic nitrogens is 3. The van der Waals surface area contributed by atoms with E-state index in [0.29, 0.717) is 28.7 Å². The molecule has 31 heavy (non-hydrogen) atoms. The molecule has 156 valence electrons. The standard InChI is InChI=1S/C24H23N5O2/c1-2-14-4-3-5-17(10-14)27-22-21-19(13-26-24(29-21)25-12-15-6-7-15)18-9-8-16(23(30)31)11-20(18)28-22/h3-5,8-11,13,15H,2,6-7,12H2,1H3,(H,27,28)(H,30,31)(H,25,26,29). The van der Waals surface area contributed by atoms with Crippen molar-refractivity contribution in [2.45, 2.75) is 26.2 Å². The summed E-state index contributed by atoms with van der Waals surface area (Å²) in [5, 5.41) is 17.8. The van der Waals surface area contributed by atoms with Gasteiger partial charge in [0.1, 0.15) is 5.52 Å². The molecule has 7 heteroatoms. The molecule has 0 bridgehead atoms. The van der Waals surface area contributed by atoms with Gasteiger partial charge < -0.3 is 15.7 Å². The molecule has 0 spiro atoms. The maximum Gasteiger partial charge on any atom is 0.335 e. The molecule has 2 heterocycles. The summed E-state index contributed by atoms with van der Waals surface area (Å²) in [4.78, 5) is 25.5. The summed E-state index contributed by atoms with van der Waals surface area (Å²) in [5.74, 6) is 0.880. The molecular weight excluding hydrogens is 390 g/mol. The fourth-order valence-electron chi connectivity index (χ4n) is 3.65. The van der Waals surface area contributed by atoms with Crippen LogP contribution in [0.25, 0.3) is 21.8 Å². The lowest BCUT2D eigenvalue weighted by atomic mass is 10.1. The SMILES string of the molecule is CCc1cccc(Nc2nc3cc(C(=O)O)ccc3c3cnc(NCC4CC4)nc23)c1. The lowest BCUT2D eigenvalue weighted by Gasteiger charge is -2.13. The van der Waals surface area contributed by atoms with Crippen LogP contribution in [0.3, 0.4) is 0 Å². The maximum absolute atomic E-state index is 11.5. The number of rotatable bonds is 7. The molecule has 1 fully saturated rings. The highest BCUT2D eigenvalue weighted by Gasteiger charge is 2.21. The Balaban J connectivity index is 1.65. The number of pyridine rings is 1. The zero-order chi connectivity index (χ0) is 21.4. The molecule has 4 aromatic rings. The van der Waals surface area contributed by atoms with Crippen molar-refractivity contribution in [3.05, 3.63) is 59.8 Å². The number of aromatic carboxylic acids is 1. The van der Waals surface area contributed by atoms with Crippen LogP contribution in [-0.2, 0) is 6.42 Å². The monoisotopic (exact) mass is 413 g/mol. The van der Waals surface area contributed by atoms with Gasteiger partial charge in [-0.25, -0.2) is 19.7 Å². The molecule has 0 radical (unpaired) electrons. The molecule has 0 amide bonds. The molecule has 0 unspecified atom stereocenters. The zero-order valence-electron chi connectivity index (χ0n) is 17.2. The molecule has 1 aliphatic rings. The van der Waals surface area contributed by atoms with Crippen molar-refractivity contribution in [3.8, 4) is 0 Å². The Morgan fingerprint density at radius 1 is 1.13 bits per heavy atom. The van der Waals surface area contributed by atoms with Crippen molar-refractivity contribution in [3.63, 3.8) is 0 Å². The molecule has 0 aliphatic heterocycles. The number of hydrogen-bond acceptors (Lipinski definition) is 6. The minimum atomic E-state index is -0.982. The first-order chi connectivity index (χ1) is 15.1. The molecule has 0 atom stereocenters. The van der Waals surface area contributed by atoms with Gasteiger partial charge >= 0.3 is 5.97 Å². The predicted molar refractivity (Wildman–Crippen MR) is 122 cm³/mol. The average Bonchev–Trinajstić information content (AvgIpc) is 3.62. The van der Waals surface area contributed by atoms with Gasteiger partial charge in [0.15, 0.2) is 5.82 Å². The number of nitrogens with one attached hydrogen (secondary N) is 2. The van der Waals surface area contributed by atoms with E-state index in [0.717, 1.165) is 29.4 Å². The van der Waals surface area contributed by atoms with E-state index in [1.54, 1.807) is 24.4 Å². The Hall–Kier alpha value is -3.74. The van der Waals surface area contributed by atoms with Crippen LogP contribution in [0.5, 0.6) is 0 Å². The van der Waals surface area contributed by atoms with E-state index in [1.807, 2.05) is 12.1 Å². The van der Waals surface area contributed by atoms with Gasteiger partial charge in [-0.1, -0.05) is 25.1 Å². The van der Waals surface area contributed by atoms with Crippen LogP contribution < -0.4 is 10.6 Å². The van der Waals surface area contributed by atoms with Crippen LogP contribution in [0, 0.1) is 5.92 Å². The van der Waals surface area contributed by atoms with Gasteiger partial charge in [-0.05, 0) is 55.0 Å². The Morgan fingerprint density at radius 2 is 2.00 bits per heavy atom. The van der Waals surface area contributed by atoms with Crippen LogP contribution in [0.1, 0.15) is 35.7 Å². The second-order valence-electron chi connectivity index (χ2n) is 7.96. The summed E-state index contributed by atoms with van der Waals surface area (Å²) in [5.41, 5.74) is 3.61. The number of anilines is 3. The first-order valence-electron chi connectivity index (χ1n) is 10.5. The fourth-order valence-corrected chi connectivity index (χ4v) is 3.65. The molecular formula is C24H23N5O2. The summed E-state index contributed by atoms with van der Waals surface area (Å²) >= 11 is 0. The second-order valence-corrected chi connectivity index (χ2v) is 7.96. The molecule has 2 aromatic heterocycles. The molecule has 7 nitrogen and oxygen atoms in total. The average molecular weight is 413 g/mol. The summed E-state index contributed by atoms with van der Waals surface area (Å²) in [6.07, 6.45) is 5.22. The van der Waals surface area contributed by atoms with Gasteiger partial charge in [0.05, 0.1) is 11.1 Å². The maximum atomic E-state index is 11.5. The Kier molecular flexibility index (Phi) is 4.86. The van der Waals surface area contributed by atoms with Crippen molar-refractivity contribution in [1.82, 2.24) is 15.0 Å². The summed E-state index contributed by atoms with van der Waals surface area (Å²) in [6.45, 7) is 2.98. The molecule has 3 N–H and O–H groups in total. The second kappa shape index (κ2) is 7.83. The zero-order valence-corrected chi connectivity index (χ0v) is 17.2. The van der Waals surface area contributed by atoms with E-state index in [1.165, 1.54) is 18.4 Å². The van der Waals surface area contributed by atoms with E-state index in [9.17, 15) is 9.90 Å². The van der Waals surface area contributed by atoms with Crippen LogP contribution in [-0.4, -0.2) is 32.6 Å². The van der Waals surface area contributed by atoms with Crippen molar-refractivity contribution >= 4 is 45.2 Å². The number of benzene rings is 2. The summed E-state index contributed by atoms with van der Waals surface area (Å²) in [7, 11) is 0. The Bertz CT molecular complexity index is 1300. The third-order valence-corrected chi connectivity index (χ3v) is 5.62. The van der Waals surface area contributed by atoms with Gasteiger partial charge in [0, 0.05) is 29.2 Å². The first kappa shape index (κ1) is 19.2. The number of carbonyl (C=O) groups is 1. The Morgan fingerprint density at radius 3 is 2.77 bits per heavy atom. The smallest absolute Gasteiger partial charge is 0.335 e. The van der Waals surface area contributed by atoms with Gasteiger partial charge in [-0.15, -0.1) is 0 Å². The topological polar surface area (TPSA) is 100 Å². The molecule has 1 aliphatic carbocycles. The summed E-state index contributed by atoms with van der Waals surface area (Å²) in [6, 6.07) is 13.1. The van der Waals surface area contributed by atoms with Crippen molar-refractivity contribution < 1.29 is 9.90 Å². The number of fused-ring (bicyclic) bond motifs is 3. The van der Waals surface area contributed by atoms with E-state index >= 15 is 0 Å². The fraction of sp³-hybridized carbons (Fsp3) is 0.250. The number of hydrogen-bond donors (Lipinski definition) is 3. The highest BCUT2D eigenvalue weighted by Crippen LogP contribution is 2.32. The molecule has 2 aromatic carbocycles. The van der Waals surface area contributed by atoms with Crippen LogP contribution in [0.4, 0.5) is 17.5 Å². The third-order valence-electron chi connectivity index (χ3n) is 5.62. The van der Waals surface area contributed by atoms with E-state index < -0.39 is 5.97 Å². The highest BCUT2D eigenvalue weighted by molar-refractivity contribution is 6.10. The van der Waals surface area contributed by atoms with Crippen LogP contribution in [0.15, 0.2) is 48.7 Å². The normalized spacial score (nSPS) is 13.5. The number of aryl methyl sites for hydroxylation is 1. The minimum Gasteiger partial charge on any atom is -0.478 e. The molecule has 1 saturated carbocycles. The number of carboxylic acid groups (broad SMARTS) is 1. The number of carboxylic acids is 1. The van der Waals surface area contributed by atoms with E-state index in [-0.39, 0.29) is 5.56 Å². The number of nitrogens with zero attached hydrogens (tertiary/aromatic N) is 3. The van der Waals surface area contributed by atoms with Crippen molar-refractivity contribution in [1.29, 1.82) is 0 Å². The van der Waals surface area contributed by atoms with E-state index in [2.05, 4.69) is 34.7 Å². The lowest BCUT2D eigenvalue weighted by Crippen LogP contribution is -2.08. The van der Waals surface area contributed by atoms with Crippen molar-refractivity contribution in [2.75, 3.05) is 17.2 Å². The third kappa shape index (κ3) is 3.99. The van der Waals surface area contributed by atoms with E-state index in [4.69, 9.17) is 9.97 Å².